The Balaban J connectivity index is 2.05. The van der Waals surface area contributed by atoms with Crippen LogP contribution in [-0.2, 0) is 9.47 Å². The van der Waals surface area contributed by atoms with Gasteiger partial charge >= 0.3 is 5.97 Å². The molecule has 6 nitrogen and oxygen atoms in total. The van der Waals surface area contributed by atoms with E-state index in [9.17, 15) is 4.79 Å². The highest BCUT2D eigenvalue weighted by molar-refractivity contribution is 5.95. The number of carbonyl (C=O) groups excluding carboxylic acids is 1. The Morgan fingerprint density at radius 1 is 1.59 bits per heavy atom. The highest BCUT2D eigenvalue weighted by Gasteiger charge is 2.25. The lowest BCUT2D eigenvalue weighted by Gasteiger charge is -2.27. The van der Waals surface area contributed by atoms with Crippen LogP contribution in [0.15, 0.2) is 18.6 Å². The van der Waals surface area contributed by atoms with Crippen LogP contribution >= 0.6 is 0 Å². The standard InChI is InChI=1S/C11H13N3O3/c1-2-17-11(15)9-5-12-14-4-3-13(10(9)14)8-6-16-7-8/h3-5,8H,2,6-7H2,1H3. The van der Waals surface area contributed by atoms with E-state index >= 15 is 0 Å². The van der Waals surface area contributed by atoms with Gasteiger partial charge in [0.25, 0.3) is 0 Å². The largest absolute Gasteiger partial charge is 0.462 e. The summed E-state index contributed by atoms with van der Waals surface area (Å²) in [6.07, 6.45) is 5.29. The molecule has 3 heterocycles. The second kappa shape index (κ2) is 3.89. The van der Waals surface area contributed by atoms with E-state index in [1.54, 1.807) is 17.6 Å². The Morgan fingerprint density at radius 3 is 3.06 bits per heavy atom. The summed E-state index contributed by atoms with van der Waals surface area (Å²) < 4.78 is 13.9. The highest BCUT2D eigenvalue weighted by Crippen LogP contribution is 2.23. The first-order chi connectivity index (χ1) is 8.31. The summed E-state index contributed by atoms with van der Waals surface area (Å²) in [6.45, 7) is 3.51. The molecule has 0 aromatic carbocycles. The van der Waals surface area contributed by atoms with Gasteiger partial charge in [0.2, 0.25) is 0 Å². The first-order valence-electron chi connectivity index (χ1n) is 5.60. The lowest BCUT2D eigenvalue weighted by Crippen LogP contribution is -2.30. The molecule has 17 heavy (non-hydrogen) atoms. The molecule has 0 N–H and O–H groups in total. The van der Waals surface area contributed by atoms with Gasteiger partial charge in [-0.2, -0.15) is 5.10 Å². The van der Waals surface area contributed by atoms with Crippen molar-refractivity contribution in [3.8, 4) is 0 Å². The van der Waals surface area contributed by atoms with Gasteiger partial charge in [0, 0.05) is 12.4 Å². The molecule has 0 radical (unpaired) electrons. The van der Waals surface area contributed by atoms with Gasteiger partial charge in [0.05, 0.1) is 32.1 Å². The van der Waals surface area contributed by atoms with Crippen molar-refractivity contribution in [2.45, 2.75) is 13.0 Å². The van der Waals surface area contributed by atoms with Crippen LogP contribution in [0.1, 0.15) is 23.3 Å². The smallest absolute Gasteiger partial charge is 0.343 e. The van der Waals surface area contributed by atoms with Gasteiger partial charge in [-0.25, -0.2) is 9.31 Å². The molecule has 0 spiro atoms. The molecule has 1 aliphatic heterocycles. The van der Waals surface area contributed by atoms with Gasteiger partial charge < -0.3 is 14.0 Å². The van der Waals surface area contributed by atoms with E-state index in [4.69, 9.17) is 9.47 Å². The average molecular weight is 235 g/mol. The van der Waals surface area contributed by atoms with E-state index in [0.29, 0.717) is 25.4 Å². The molecule has 90 valence electrons. The number of rotatable bonds is 3. The number of imidazole rings is 1. The number of carbonyl (C=O) groups is 1. The molecule has 0 unspecified atom stereocenters. The molecule has 1 aliphatic rings. The van der Waals surface area contributed by atoms with E-state index < -0.39 is 0 Å². The zero-order chi connectivity index (χ0) is 11.8. The van der Waals surface area contributed by atoms with E-state index in [1.807, 2.05) is 17.0 Å². The average Bonchev–Trinajstić information content (AvgIpc) is 2.78. The highest BCUT2D eigenvalue weighted by atomic mass is 16.5. The molecular formula is C11H13N3O3. The normalized spacial score (nSPS) is 16.1. The minimum absolute atomic E-state index is 0.289. The molecule has 1 fully saturated rings. The van der Waals surface area contributed by atoms with Crippen molar-refractivity contribution >= 4 is 11.6 Å². The van der Waals surface area contributed by atoms with Crippen LogP contribution in [0.25, 0.3) is 5.65 Å². The Bertz CT molecular complexity index is 553. The third kappa shape index (κ3) is 1.52. The first kappa shape index (κ1) is 10.3. The molecule has 2 aromatic heterocycles. The first-order valence-corrected chi connectivity index (χ1v) is 5.60. The van der Waals surface area contributed by atoms with Gasteiger partial charge in [0.15, 0.2) is 5.65 Å². The van der Waals surface area contributed by atoms with Crippen LogP contribution in [0.2, 0.25) is 0 Å². The van der Waals surface area contributed by atoms with Gasteiger partial charge in [-0.05, 0) is 6.92 Å². The molecule has 0 aliphatic carbocycles. The van der Waals surface area contributed by atoms with Crippen molar-refractivity contribution in [1.29, 1.82) is 0 Å². The molecule has 0 amide bonds. The van der Waals surface area contributed by atoms with Crippen molar-refractivity contribution < 1.29 is 14.3 Å². The lowest BCUT2D eigenvalue weighted by atomic mass is 10.2. The summed E-state index contributed by atoms with van der Waals surface area (Å²) in [5, 5.41) is 4.14. The maximum Gasteiger partial charge on any atom is 0.343 e. The van der Waals surface area contributed by atoms with Crippen LogP contribution < -0.4 is 0 Å². The fourth-order valence-corrected chi connectivity index (χ4v) is 1.96. The summed E-state index contributed by atoms with van der Waals surface area (Å²) in [5.74, 6) is -0.331. The van der Waals surface area contributed by atoms with Gasteiger partial charge in [0.1, 0.15) is 5.56 Å². The van der Waals surface area contributed by atoms with Crippen LogP contribution in [0, 0.1) is 0 Å². The maximum atomic E-state index is 11.8. The zero-order valence-electron chi connectivity index (χ0n) is 9.50. The predicted molar refractivity (Wildman–Crippen MR) is 59.0 cm³/mol. The molecule has 3 rings (SSSR count). The van der Waals surface area contributed by atoms with E-state index in [0.717, 1.165) is 5.65 Å². The minimum atomic E-state index is -0.331. The minimum Gasteiger partial charge on any atom is -0.462 e. The Kier molecular flexibility index (Phi) is 2.36. The summed E-state index contributed by atoms with van der Waals surface area (Å²) >= 11 is 0. The third-order valence-electron chi connectivity index (χ3n) is 2.89. The van der Waals surface area contributed by atoms with Gasteiger partial charge in [-0.15, -0.1) is 0 Å². The zero-order valence-corrected chi connectivity index (χ0v) is 9.50. The van der Waals surface area contributed by atoms with Crippen molar-refractivity contribution in [2.75, 3.05) is 19.8 Å². The van der Waals surface area contributed by atoms with Gasteiger partial charge in [-0.3, -0.25) is 0 Å². The number of hydrogen-bond acceptors (Lipinski definition) is 4. The monoisotopic (exact) mass is 235 g/mol. The molecule has 0 atom stereocenters. The Labute approximate surface area is 97.7 Å². The number of nitrogens with zero attached hydrogens (tertiary/aromatic N) is 3. The maximum absolute atomic E-state index is 11.8. The third-order valence-corrected chi connectivity index (χ3v) is 2.89. The fraction of sp³-hybridized carbons (Fsp3) is 0.455. The number of aromatic nitrogens is 3. The SMILES string of the molecule is CCOC(=O)c1cnn2ccn(C3COC3)c12. The Hall–Kier alpha value is -1.82. The summed E-state index contributed by atoms with van der Waals surface area (Å²) in [4.78, 5) is 11.8. The molecule has 0 saturated carbocycles. The molecule has 0 bridgehead atoms. The summed E-state index contributed by atoms with van der Waals surface area (Å²) in [5.41, 5.74) is 1.28. The Morgan fingerprint density at radius 2 is 2.41 bits per heavy atom. The summed E-state index contributed by atoms with van der Waals surface area (Å²) in [6, 6.07) is 0.289. The summed E-state index contributed by atoms with van der Waals surface area (Å²) in [7, 11) is 0. The second-order valence-corrected chi connectivity index (χ2v) is 3.94. The van der Waals surface area contributed by atoms with E-state index in [1.165, 1.54) is 0 Å². The fourth-order valence-electron chi connectivity index (χ4n) is 1.96. The number of hydrogen-bond donors (Lipinski definition) is 0. The number of esters is 1. The van der Waals surface area contributed by atoms with Crippen molar-refractivity contribution in [1.82, 2.24) is 14.2 Å². The quantitative estimate of drug-likeness (QED) is 0.741. The molecular weight excluding hydrogens is 222 g/mol. The van der Waals surface area contributed by atoms with Crippen LogP contribution in [0.4, 0.5) is 0 Å². The van der Waals surface area contributed by atoms with Crippen molar-refractivity contribution in [3.05, 3.63) is 24.2 Å². The van der Waals surface area contributed by atoms with Crippen LogP contribution in [-0.4, -0.2) is 40.0 Å². The van der Waals surface area contributed by atoms with Crippen LogP contribution in [0.5, 0.6) is 0 Å². The van der Waals surface area contributed by atoms with Crippen molar-refractivity contribution in [2.24, 2.45) is 0 Å². The van der Waals surface area contributed by atoms with E-state index in [2.05, 4.69) is 5.10 Å². The number of ether oxygens (including phenoxy) is 2. The lowest BCUT2D eigenvalue weighted by molar-refractivity contribution is -0.0216. The molecule has 1 saturated heterocycles. The molecule has 6 heteroatoms. The van der Waals surface area contributed by atoms with Crippen LogP contribution in [0.3, 0.4) is 0 Å². The molecule has 2 aromatic rings. The number of fused-ring (bicyclic) bond motifs is 1. The van der Waals surface area contributed by atoms with Crippen molar-refractivity contribution in [3.63, 3.8) is 0 Å². The van der Waals surface area contributed by atoms with E-state index in [-0.39, 0.29) is 12.0 Å². The predicted octanol–water partition coefficient (Wildman–Crippen LogP) is 0.884. The topological polar surface area (TPSA) is 57.8 Å². The van der Waals surface area contributed by atoms with Gasteiger partial charge in [-0.1, -0.05) is 0 Å². The second-order valence-electron chi connectivity index (χ2n) is 3.94.